The van der Waals surface area contributed by atoms with Crippen LogP contribution in [0.1, 0.15) is 24.8 Å². The van der Waals surface area contributed by atoms with E-state index in [9.17, 15) is 14.7 Å². The first kappa shape index (κ1) is 24.3. The van der Waals surface area contributed by atoms with E-state index in [1.54, 1.807) is 12.1 Å². The van der Waals surface area contributed by atoms with Crippen molar-refractivity contribution in [2.24, 2.45) is 0 Å². The molecule has 2 N–H and O–H groups in total. The van der Waals surface area contributed by atoms with Gasteiger partial charge in [-0.1, -0.05) is 29.8 Å². The van der Waals surface area contributed by atoms with Gasteiger partial charge in [0.25, 0.3) is 0 Å². The van der Waals surface area contributed by atoms with Crippen molar-refractivity contribution in [1.29, 1.82) is 0 Å². The second kappa shape index (κ2) is 11.1. The van der Waals surface area contributed by atoms with Crippen molar-refractivity contribution >= 4 is 23.5 Å². The normalized spacial score (nSPS) is 18.1. The van der Waals surface area contributed by atoms with Crippen LogP contribution in [0.5, 0.6) is 11.5 Å². The number of benzene rings is 2. The molecular weight excluding hydrogens is 458 g/mol. The average molecular weight is 488 g/mol. The number of aliphatic hydroxyl groups is 1. The molecule has 34 heavy (non-hydrogen) atoms. The Hall–Kier alpha value is -2.81. The molecule has 2 saturated heterocycles. The monoisotopic (exact) mass is 487 g/mol. The summed E-state index contributed by atoms with van der Waals surface area (Å²) in [5, 5.41) is 13.8. The predicted molar refractivity (Wildman–Crippen MR) is 128 cm³/mol. The smallest absolute Gasteiger partial charge is 0.324 e. The summed E-state index contributed by atoms with van der Waals surface area (Å²) in [7, 11) is 0. The molecule has 2 aromatic rings. The molecule has 9 heteroatoms. The predicted octanol–water partition coefficient (Wildman–Crippen LogP) is 3.07. The highest BCUT2D eigenvalue weighted by Crippen LogP contribution is 2.26. The minimum atomic E-state index is -0.834. The molecule has 8 nitrogen and oxygen atoms in total. The van der Waals surface area contributed by atoms with Gasteiger partial charge in [0.1, 0.15) is 30.3 Å². The zero-order chi connectivity index (χ0) is 24.0. The Morgan fingerprint density at radius 3 is 2.47 bits per heavy atom. The number of ether oxygens (including phenoxy) is 2. The van der Waals surface area contributed by atoms with Crippen LogP contribution >= 0.6 is 11.6 Å². The van der Waals surface area contributed by atoms with Gasteiger partial charge in [0.2, 0.25) is 5.91 Å². The molecule has 0 saturated carbocycles. The molecule has 2 fully saturated rings. The maximum absolute atomic E-state index is 11.5. The summed E-state index contributed by atoms with van der Waals surface area (Å²) in [6.45, 7) is 3.73. The second-order valence-corrected chi connectivity index (χ2v) is 9.30. The first-order chi connectivity index (χ1) is 16.4. The quantitative estimate of drug-likeness (QED) is 0.395. The SMILES string of the molecule is O=C1CN(CCCOc2ccc(CN3CCC(O)(COc4cccc(Cl)c4)CC3)cc2)C(=O)N1. The fraction of sp³-hybridized carbons (Fsp3) is 0.440. The number of piperidine rings is 1. The Morgan fingerprint density at radius 2 is 1.79 bits per heavy atom. The van der Waals surface area contributed by atoms with Crippen molar-refractivity contribution in [2.75, 3.05) is 39.4 Å². The van der Waals surface area contributed by atoms with Crippen molar-refractivity contribution < 1.29 is 24.2 Å². The first-order valence-corrected chi connectivity index (χ1v) is 11.9. The maximum Gasteiger partial charge on any atom is 0.324 e. The molecule has 4 rings (SSSR count). The van der Waals surface area contributed by atoms with Crippen LogP contribution in [0.4, 0.5) is 4.79 Å². The Bertz CT molecular complexity index is 992. The lowest BCUT2D eigenvalue weighted by Crippen LogP contribution is -2.47. The molecule has 0 spiro atoms. The lowest BCUT2D eigenvalue weighted by Gasteiger charge is -2.38. The molecule has 0 atom stereocenters. The number of carbonyl (C=O) groups is 2. The number of imide groups is 1. The van der Waals surface area contributed by atoms with E-state index < -0.39 is 5.60 Å². The zero-order valence-electron chi connectivity index (χ0n) is 19.0. The van der Waals surface area contributed by atoms with Gasteiger partial charge in [-0.05, 0) is 55.2 Å². The largest absolute Gasteiger partial charge is 0.494 e. The van der Waals surface area contributed by atoms with Gasteiger partial charge in [-0.25, -0.2) is 4.79 Å². The standard InChI is InChI=1S/C25H30ClN3O5/c26-20-3-1-4-22(15-20)34-18-25(32)9-12-28(13-10-25)16-19-5-7-21(8-6-19)33-14-2-11-29-17-23(30)27-24(29)31/h1,3-8,15,32H,2,9-14,16-18H2,(H,27,30,31). The van der Waals surface area contributed by atoms with Gasteiger partial charge in [-0.15, -0.1) is 0 Å². The van der Waals surface area contributed by atoms with E-state index in [0.29, 0.717) is 43.2 Å². The fourth-order valence-electron chi connectivity index (χ4n) is 4.10. The van der Waals surface area contributed by atoms with Crippen LogP contribution in [0.15, 0.2) is 48.5 Å². The summed E-state index contributed by atoms with van der Waals surface area (Å²) < 4.78 is 11.5. The molecule has 0 bridgehead atoms. The summed E-state index contributed by atoms with van der Waals surface area (Å²) in [5.74, 6) is 1.19. The average Bonchev–Trinajstić information content (AvgIpc) is 3.15. The summed E-state index contributed by atoms with van der Waals surface area (Å²) in [6, 6.07) is 14.9. The molecule has 2 heterocycles. The molecule has 2 aliphatic heterocycles. The van der Waals surface area contributed by atoms with E-state index in [2.05, 4.69) is 10.2 Å². The Balaban J connectivity index is 1.15. The van der Waals surface area contributed by atoms with E-state index in [0.717, 1.165) is 25.4 Å². The van der Waals surface area contributed by atoms with E-state index >= 15 is 0 Å². The maximum atomic E-state index is 11.5. The number of hydrogen-bond acceptors (Lipinski definition) is 6. The highest BCUT2D eigenvalue weighted by atomic mass is 35.5. The number of rotatable bonds is 10. The summed E-state index contributed by atoms with van der Waals surface area (Å²) in [5.41, 5.74) is 0.347. The third-order valence-electron chi connectivity index (χ3n) is 6.13. The molecule has 0 aromatic heterocycles. The van der Waals surface area contributed by atoms with Crippen LogP contribution in [0.3, 0.4) is 0 Å². The van der Waals surface area contributed by atoms with Crippen LogP contribution in [0.25, 0.3) is 0 Å². The van der Waals surface area contributed by atoms with Gasteiger partial charge >= 0.3 is 6.03 Å². The summed E-state index contributed by atoms with van der Waals surface area (Å²) in [4.78, 5) is 26.5. The molecule has 0 unspecified atom stereocenters. The van der Waals surface area contributed by atoms with Crippen molar-refractivity contribution in [3.05, 3.63) is 59.1 Å². The highest BCUT2D eigenvalue weighted by molar-refractivity contribution is 6.30. The number of halogens is 1. The molecule has 0 aliphatic carbocycles. The molecule has 0 radical (unpaired) electrons. The first-order valence-electron chi connectivity index (χ1n) is 11.5. The van der Waals surface area contributed by atoms with E-state index in [-0.39, 0.29) is 25.1 Å². The number of amides is 3. The Kier molecular flexibility index (Phi) is 7.92. The summed E-state index contributed by atoms with van der Waals surface area (Å²) in [6.07, 6.45) is 1.95. The van der Waals surface area contributed by atoms with E-state index in [4.69, 9.17) is 21.1 Å². The summed E-state index contributed by atoms with van der Waals surface area (Å²) >= 11 is 5.99. The number of nitrogens with zero attached hydrogens (tertiary/aromatic N) is 2. The third-order valence-corrected chi connectivity index (χ3v) is 6.36. The molecule has 2 aromatic carbocycles. The lowest BCUT2D eigenvalue weighted by atomic mass is 9.92. The van der Waals surface area contributed by atoms with Crippen molar-refractivity contribution in [3.8, 4) is 11.5 Å². The van der Waals surface area contributed by atoms with Gasteiger partial charge < -0.3 is 19.5 Å². The van der Waals surface area contributed by atoms with Crippen LogP contribution in [-0.2, 0) is 11.3 Å². The lowest BCUT2D eigenvalue weighted by molar-refractivity contribution is -0.118. The van der Waals surface area contributed by atoms with Gasteiger partial charge in [0.15, 0.2) is 0 Å². The van der Waals surface area contributed by atoms with Crippen LogP contribution < -0.4 is 14.8 Å². The zero-order valence-corrected chi connectivity index (χ0v) is 19.8. The van der Waals surface area contributed by atoms with Gasteiger partial charge in [0.05, 0.1) is 6.61 Å². The number of carbonyl (C=O) groups excluding carboxylic acids is 2. The number of hydrogen-bond donors (Lipinski definition) is 2. The number of likely N-dealkylation sites (tertiary alicyclic amines) is 1. The van der Waals surface area contributed by atoms with Crippen LogP contribution in [-0.4, -0.2) is 71.8 Å². The molecule has 2 aliphatic rings. The van der Waals surface area contributed by atoms with Crippen LogP contribution in [0, 0.1) is 0 Å². The molecule has 3 amide bonds. The van der Waals surface area contributed by atoms with Gasteiger partial charge in [-0.3, -0.25) is 15.0 Å². The van der Waals surface area contributed by atoms with Gasteiger partial charge in [0, 0.05) is 31.2 Å². The fourth-order valence-corrected chi connectivity index (χ4v) is 4.28. The molecular formula is C25H30ClN3O5. The van der Waals surface area contributed by atoms with E-state index in [1.165, 1.54) is 10.5 Å². The Morgan fingerprint density at radius 1 is 1.03 bits per heavy atom. The van der Waals surface area contributed by atoms with Crippen molar-refractivity contribution in [3.63, 3.8) is 0 Å². The minimum Gasteiger partial charge on any atom is -0.494 e. The van der Waals surface area contributed by atoms with E-state index in [1.807, 2.05) is 36.4 Å². The van der Waals surface area contributed by atoms with Crippen molar-refractivity contribution in [1.82, 2.24) is 15.1 Å². The molecule has 182 valence electrons. The highest BCUT2D eigenvalue weighted by Gasteiger charge is 2.33. The Labute approximate surface area is 204 Å². The van der Waals surface area contributed by atoms with Crippen molar-refractivity contribution in [2.45, 2.75) is 31.4 Å². The topological polar surface area (TPSA) is 91.3 Å². The number of urea groups is 1. The van der Waals surface area contributed by atoms with Gasteiger partial charge in [-0.2, -0.15) is 0 Å². The second-order valence-electron chi connectivity index (χ2n) is 8.87. The van der Waals surface area contributed by atoms with Crippen LogP contribution in [0.2, 0.25) is 5.02 Å². The number of nitrogens with one attached hydrogen (secondary N) is 1. The third kappa shape index (κ3) is 6.85. The minimum absolute atomic E-state index is 0.121.